The van der Waals surface area contributed by atoms with Gasteiger partial charge in [-0.25, -0.2) is 4.99 Å². The molecule has 4 aliphatic rings. The monoisotopic (exact) mass is 622 g/mol. The van der Waals surface area contributed by atoms with Crippen molar-refractivity contribution in [1.82, 2.24) is 5.32 Å². The Morgan fingerprint density at radius 2 is 1.56 bits per heavy atom. The summed E-state index contributed by atoms with van der Waals surface area (Å²) < 4.78 is 23.4. The predicted octanol–water partition coefficient (Wildman–Crippen LogP) is -7.97. The minimum absolute atomic E-state index is 0.0200. The molecule has 248 valence electrons. The highest BCUT2D eigenvalue weighted by molar-refractivity contribution is 5.86. The maximum Gasteiger partial charge on any atom is 0.252 e. The highest BCUT2D eigenvalue weighted by Gasteiger charge is 2.54. The van der Waals surface area contributed by atoms with Crippen LogP contribution in [0.5, 0.6) is 0 Å². The summed E-state index contributed by atoms with van der Waals surface area (Å²) >= 11 is 0. The molecular formula is C24H46N8O11. The van der Waals surface area contributed by atoms with Crippen molar-refractivity contribution in [2.75, 3.05) is 13.2 Å². The van der Waals surface area contributed by atoms with Crippen LogP contribution >= 0.6 is 0 Å². The molecule has 1 amide bonds. The van der Waals surface area contributed by atoms with Gasteiger partial charge < -0.3 is 89.3 Å². The summed E-state index contributed by atoms with van der Waals surface area (Å²) in [6.45, 7) is -0.714. The summed E-state index contributed by atoms with van der Waals surface area (Å²) in [7, 11) is 0. The highest BCUT2D eigenvalue weighted by atomic mass is 16.7. The Morgan fingerprint density at radius 1 is 0.930 bits per heavy atom. The van der Waals surface area contributed by atoms with Crippen LogP contribution in [0.2, 0.25) is 0 Å². The van der Waals surface area contributed by atoms with Crippen molar-refractivity contribution in [3.05, 3.63) is 0 Å². The fourth-order valence-corrected chi connectivity index (χ4v) is 6.08. The number of nitrogens with two attached hydrogens (primary N) is 6. The van der Waals surface area contributed by atoms with Gasteiger partial charge in [-0.15, -0.1) is 0 Å². The van der Waals surface area contributed by atoms with Gasteiger partial charge in [0.2, 0.25) is 0 Å². The fraction of sp³-hybridized carbons (Fsp3) is 0.917. The maximum absolute atomic E-state index is 13.0. The van der Waals surface area contributed by atoms with Gasteiger partial charge in [-0.05, 0) is 6.42 Å². The molecule has 2 aliphatic carbocycles. The molecule has 19 N–H and O–H groups in total. The molecular weight excluding hydrogens is 576 g/mol. The van der Waals surface area contributed by atoms with Gasteiger partial charge in [0.1, 0.15) is 48.3 Å². The lowest BCUT2D eigenvalue weighted by molar-refractivity contribution is -0.315. The number of carbonyl (C=O) groups is 1. The van der Waals surface area contributed by atoms with E-state index in [0.717, 1.165) is 0 Å². The number of carbonyl (C=O) groups excluding carboxylic acids is 1. The summed E-state index contributed by atoms with van der Waals surface area (Å²) in [5, 5.41) is 65.8. The van der Waals surface area contributed by atoms with Gasteiger partial charge in [-0.2, -0.15) is 0 Å². The number of nitrogens with zero attached hydrogens (tertiary/aromatic N) is 1. The molecule has 2 aliphatic heterocycles. The van der Waals surface area contributed by atoms with Gasteiger partial charge in [-0.1, -0.05) is 0 Å². The zero-order chi connectivity index (χ0) is 31.8. The summed E-state index contributed by atoms with van der Waals surface area (Å²) in [5.74, 6) is -1.06. The number of nitrogens with one attached hydrogen (secondary N) is 1. The Morgan fingerprint density at radius 3 is 2.14 bits per heavy atom. The molecule has 43 heavy (non-hydrogen) atoms. The van der Waals surface area contributed by atoms with Gasteiger partial charge in [0.15, 0.2) is 18.5 Å². The van der Waals surface area contributed by atoms with Gasteiger partial charge in [0, 0.05) is 37.9 Å². The number of aliphatic hydroxyl groups excluding tert-OH is 5. The Labute approximate surface area is 247 Å². The summed E-state index contributed by atoms with van der Waals surface area (Å²) in [5.41, 5.74) is 33.2. The first kappa shape index (κ1) is 34.1. The second-order valence-electron chi connectivity index (χ2n) is 11.9. The van der Waals surface area contributed by atoms with Crippen LogP contribution in [0.25, 0.3) is 0 Å². The second-order valence-corrected chi connectivity index (χ2v) is 11.9. The second kappa shape index (κ2) is 13.7. The topological polar surface area (TPSA) is 356 Å². The van der Waals surface area contributed by atoms with Gasteiger partial charge in [0.25, 0.3) is 5.91 Å². The van der Waals surface area contributed by atoms with Crippen molar-refractivity contribution in [1.29, 1.82) is 0 Å². The molecule has 0 bridgehead atoms. The average molecular weight is 623 g/mol. The molecule has 19 nitrogen and oxygen atoms in total. The van der Waals surface area contributed by atoms with E-state index >= 15 is 0 Å². The molecule has 0 radical (unpaired) electrons. The quantitative estimate of drug-likeness (QED) is 0.0838. The first-order valence-electron chi connectivity index (χ1n) is 14.2. The standard InChI is InChI=1S/C24H46N8O11/c25-5-12-11(34)2-10(32-23(29)30)20(40-12)42-18-8(27)1-9(31-22(38)24(39)3-7(26)4-24)19(17(18)37)43-21-16(36)14(28)15(35)13(6-33)41-21/h7-21,33-37,39H,1-6,25-28H2,(H,31,38)(H4,29,30,32)/t7?,8-,9+,10+,11-,12+,13+,14-,15+,16+,17-,18+,19-,20+,21+,24?/m0/s1. The lowest BCUT2D eigenvalue weighted by Crippen LogP contribution is -2.70. The minimum Gasteiger partial charge on any atom is -0.394 e. The molecule has 2 saturated carbocycles. The van der Waals surface area contributed by atoms with Crippen LogP contribution in [0.15, 0.2) is 4.99 Å². The zero-order valence-corrected chi connectivity index (χ0v) is 23.5. The van der Waals surface area contributed by atoms with Crippen LogP contribution in [0.1, 0.15) is 25.7 Å². The van der Waals surface area contributed by atoms with Crippen molar-refractivity contribution in [2.24, 2.45) is 39.4 Å². The highest BCUT2D eigenvalue weighted by Crippen LogP contribution is 2.35. The number of aliphatic hydroxyl groups is 6. The number of amides is 1. The van der Waals surface area contributed by atoms with Crippen LogP contribution in [-0.4, -0.2) is 153 Å². The van der Waals surface area contributed by atoms with Crippen molar-refractivity contribution in [3.8, 4) is 0 Å². The van der Waals surface area contributed by atoms with Crippen LogP contribution < -0.4 is 39.7 Å². The van der Waals surface area contributed by atoms with Gasteiger partial charge in [0.05, 0.1) is 30.9 Å². The fourth-order valence-electron chi connectivity index (χ4n) is 6.08. The number of guanidine groups is 1. The summed E-state index contributed by atoms with van der Waals surface area (Å²) in [4.78, 5) is 17.1. The van der Waals surface area contributed by atoms with E-state index < -0.39 is 104 Å². The molecule has 0 aromatic rings. The van der Waals surface area contributed by atoms with E-state index in [0.29, 0.717) is 0 Å². The van der Waals surface area contributed by atoms with E-state index in [2.05, 4.69) is 10.3 Å². The van der Waals surface area contributed by atoms with Crippen molar-refractivity contribution in [2.45, 2.75) is 123 Å². The number of rotatable bonds is 9. The molecule has 0 spiro atoms. The number of ether oxygens (including phenoxy) is 4. The third kappa shape index (κ3) is 7.20. The lowest BCUT2D eigenvalue weighted by Gasteiger charge is -2.49. The molecule has 2 saturated heterocycles. The minimum atomic E-state index is -1.73. The molecule has 2 heterocycles. The first-order valence-corrected chi connectivity index (χ1v) is 14.2. The Bertz CT molecular complexity index is 987. The third-order valence-electron chi connectivity index (χ3n) is 8.56. The van der Waals surface area contributed by atoms with E-state index in [9.17, 15) is 35.4 Å². The Hall–Kier alpha value is -1.82. The number of hydrogen-bond donors (Lipinski definition) is 13. The van der Waals surface area contributed by atoms with Gasteiger partial charge >= 0.3 is 0 Å². The SMILES string of the molecule is NC[C@H]1O[C@H](O[C@H]2[C@H](O)[C@@H](O[C@H]3O[C@H](CO)[C@@H](O)[C@H](N)[C@H]3O)[C@H](NC(=O)C3(O)CC(N)C3)C[C@@H]2N)[C@H](N=C(N)N)C[C@@H]1O. The molecule has 19 heteroatoms. The maximum atomic E-state index is 13.0. The Balaban J connectivity index is 1.59. The zero-order valence-electron chi connectivity index (χ0n) is 23.5. The molecule has 4 rings (SSSR count). The van der Waals surface area contributed by atoms with E-state index in [4.69, 9.17) is 53.3 Å². The first-order chi connectivity index (χ1) is 20.2. The van der Waals surface area contributed by atoms with E-state index in [1.54, 1.807) is 0 Å². The van der Waals surface area contributed by atoms with E-state index in [1.807, 2.05) is 0 Å². The lowest BCUT2D eigenvalue weighted by atomic mass is 9.75. The van der Waals surface area contributed by atoms with Crippen molar-refractivity contribution >= 4 is 11.9 Å². The summed E-state index contributed by atoms with van der Waals surface area (Å²) in [6, 6.07) is -4.56. The smallest absolute Gasteiger partial charge is 0.252 e. The average Bonchev–Trinajstić information content (AvgIpc) is 2.92. The predicted molar refractivity (Wildman–Crippen MR) is 146 cm³/mol. The van der Waals surface area contributed by atoms with Crippen molar-refractivity contribution in [3.63, 3.8) is 0 Å². The third-order valence-corrected chi connectivity index (χ3v) is 8.56. The molecule has 14 atom stereocenters. The number of aliphatic imine (C=N–C) groups is 1. The normalized spacial score (nSPS) is 48.7. The van der Waals surface area contributed by atoms with Crippen LogP contribution in [-0.2, 0) is 23.7 Å². The Kier molecular flexibility index (Phi) is 10.8. The number of hydrogen-bond acceptors (Lipinski definition) is 16. The van der Waals surface area contributed by atoms with Crippen LogP contribution in [0.4, 0.5) is 0 Å². The summed E-state index contributed by atoms with van der Waals surface area (Å²) in [6.07, 6.45) is -13.2. The van der Waals surface area contributed by atoms with Gasteiger partial charge in [-0.3, -0.25) is 4.79 Å². The van der Waals surface area contributed by atoms with Crippen LogP contribution in [0.3, 0.4) is 0 Å². The molecule has 0 aromatic heterocycles. The van der Waals surface area contributed by atoms with E-state index in [1.165, 1.54) is 0 Å². The molecule has 0 unspecified atom stereocenters. The van der Waals surface area contributed by atoms with Crippen LogP contribution in [0, 0.1) is 0 Å². The molecule has 4 fully saturated rings. The molecule has 0 aromatic carbocycles. The van der Waals surface area contributed by atoms with Crippen molar-refractivity contribution < 1.29 is 54.4 Å². The van der Waals surface area contributed by atoms with E-state index in [-0.39, 0.29) is 44.2 Å². The largest absolute Gasteiger partial charge is 0.394 e.